The summed E-state index contributed by atoms with van der Waals surface area (Å²) in [5.74, 6) is 1.38. The quantitative estimate of drug-likeness (QED) is 0.685. The van der Waals surface area contributed by atoms with Crippen LogP contribution in [-0.4, -0.2) is 37.7 Å². The second-order valence-corrected chi connectivity index (χ2v) is 7.33. The molecule has 5 heteroatoms. The van der Waals surface area contributed by atoms with Crippen LogP contribution in [0.4, 0.5) is 0 Å². The summed E-state index contributed by atoms with van der Waals surface area (Å²) >= 11 is 6.51. The molecule has 1 saturated heterocycles. The second kappa shape index (κ2) is 9.98. The number of likely N-dealkylation sites (tertiary alicyclic amines) is 1. The van der Waals surface area contributed by atoms with Crippen LogP contribution in [0.15, 0.2) is 42.5 Å². The van der Waals surface area contributed by atoms with E-state index in [1.165, 1.54) is 19.4 Å². The molecule has 0 saturated carbocycles. The normalized spacial score (nSPS) is 17.2. The van der Waals surface area contributed by atoms with Crippen molar-refractivity contribution in [2.45, 2.75) is 39.0 Å². The minimum Gasteiger partial charge on any atom is -0.493 e. The molecule has 0 bridgehead atoms. The molecule has 0 radical (unpaired) electrons. The maximum atomic E-state index is 6.51. The molecule has 1 heterocycles. The number of hydrogen-bond acceptors (Lipinski definition) is 4. The number of benzene rings is 2. The van der Waals surface area contributed by atoms with Crippen LogP contribution in [0.25, 0.3) is 0 Å². The van der Waals surface area contributed by atoms with Crippen LogP contribution in [-0.2, 0) is 13.2 Å². The third-order valence-corrected chi connectivity index (χ3v) is 5.52. The zero-order chi connectivity index (χ0) is 19.1. The first-order valence-corrected chi connectivity index (χ1v) is 10.1. The molecule has 27 heavy (non-hydrogen) atoms. The summed E-state index contributed by atoms with van der Waals surface area (Å²) in [7, 11) is 1.66. The molecule has 4 nitrogen and oxygen atoms in total. The van der Waals surface area contributed by atoms with Crippen molar-refractivity contribution in [1.82, 2.24) is 10.2 Å². The molecule has 2 aromatic carbocycles. The monoisotopic (exact) mass is 388 g/mol. The van der Waals surface area contributed by atoms with Gasteiger partial charge in [-0.3, -0.25) is 4.90 Å². The molecule has 1 fully saturated rings. The average Bonchev–Trinajstić information content (AvgIpc) is 3.16. The molecule has 1 aliphatic rings. The SMILES string of the molecule is CCN1CCCC1CNCc1cc(OC)c(OCc2ccccc2)cc1Cl. The van der Waals surface area contributed by atoms with Crippen LogP contribution in [0, 0.1) is 0 Å². The Morgan fingerprint density at radius 1 is 1.19 bits per heavy atom. The first kappa shape index (κ1) is 20.0. The van der Waals surface area contributed by atoms with Gasteiger partial charge in [0.25, 0.3) is 0 Å². The van der Waals surface area contributed by atoms with Gasteiger partial charge in [0.1, 0.15) is 6.61 Å². The zero-order valence-electron chi connectivity index (χ0n) is 16.2. The molecule has 1 unspecified atom stereocenters. The second-order valence-electron chi connectivity index (χ2n) is 6.92. The van der Waals surface area contributed by atoms with Crippen LogP contribution in [0.3, 0.4) is 0 Å². The Labute approximate surface area is 167 Å². The van der Waals surface area contributed by atoms with Crippen molar-refractivity contribution in [2.24, 2.45) is 0 Å². The molecule has 3 rings (SSSR count). The third-order valence-electron chi connectivity index (χ3n) is 5.17. The molecular formula is C22H29ClN2O2. The Bertz CT molecular complexity index is 724. The summed E-state index contributed by atoms with van der Waals surface area (Å²) < 4.78 is 11.5. The van der Waals surface area contributed by atoms with Crippen LogP contribution in [0.1, 0.15) is 30.9 Å². The van der Waals surface area contributed by atoms with Gasteiger partial charge in [-0.05, 0) is 43.1 Å². The molecule has 1 atom stereocenters. The Balaban J connectivity index is 1.59. The number of likely N-dealkylation sites (N-methyl/N-ethyl adjacent to an activating group) is 1. The maximum absolute atomic E-state index is 6.51. The van der Waals surface area contributed by atoms with E-state index in [-0.39, 0.29) is 0 Å². The number of halogens is 1. The molecular weight excluding hydrogens is 360 g/mol. The van der Waals surface area contributed by atoms with Gasteiger partial charge < -0.3 is 14.8 Å². The fourth-order valence-corrected chi connectivity index (χ4v) is 3.86. The van der Waals surface area contributed by atoms with E-state index >= 15 is 0 Å². The van der Waals surface area contributed by atoms with Crippen molar-refractivity contribution < 1.29 is 9.47 Å². The first-order valence-electron chi connectivity index (χ1n) is 9.69. The Kier molecular flexibility index (Phi) is 7.39. The molecule has 2 aromatic rings. The van der Waals surface area contributed by atoms with Crippen LogP contribution in [0.5, 0.6) is 11.5 Å². The molecule has 146 valence electrons. The van der Waals surface area contributed by atoms with Crippen molar-refractivity contribution in [3.05, 3.63) is 58.6 Å². The van der Waals surface area contributed by atoms with Gasteiger partial charge in [0, 0.05) is 30.2 Å². The number of hydrogen-bond donors (Lipinski definition) is 1. The van der Waals surface area contributed by atoms with Crippen molar-refractivity contribution in [3.8, 4) is 11.5 Å². The largest absolute Gasteiger partial charge is 0.493 e. The third kappa shape index (κ3) is 5.38. The molecule has 0 aromatic heterocycles. The molecule has 0 spiro atoms. The fraction of sp³-hybridized carbons (Fsp3) is 0.455. The number of rotatable bonds is 9. The first-order chi connectivity index (χ1) is 13.2. The lowest BCUT2D eigenvalue weighted by Crippen LogP contribution is -2.37. The van der Waals surface area contributed by atoms with Gasteiger partial charge in [0.15, 0.2) is 11.5 Å². The number of nitrogens with zero attached hydrogens (tertiary/aromatic N) is 1. The van der Waals surface area contributed by atoms with Gasteiger partial charge in [-0.25, -0.2) is 0 Å². The zero-order valence-corrected chi connectivity index (χ0v) is 17.0. The Hall–Kier alpha value is -1.75. The van der Waals surface area contributed by atoms with E-state index < -0.39 is 0 Å². The van der Waals surface area contributed by atoms with Gasteiger partial charge >= 0.3 is 0 Å². The molecule has 0 aliphatic carbocycles. The van der Waals surface area contributed by atoms with Gasteiger partial charge in [-0.1, -0.05) is 48.9 Å². The van der Waals surface area contributed by atoms with E-state index in [4.69, 9.17) is 21.1 Å². The van der Waals surface area contributed by atoms with Crippen molar-refractivity contribution in [1.29, 1.82) is 0 Å². The van der Waals surface area contributed by atoms with Crippen molar-refractivity contribution in [2.75, 3.05) is 26.7 Å². The van der Waals surface area contributed by atoms with Crippen molar-refractivity contribution in [3.63, 3.8) is 0 Å². The average molecular weight is 389 g/mol. The molecule has 1 aliphatic heterocycles. The van der Waals surface area contributed by atoms with Gasteiger partial charge in [-0.2, -0.15) is 0 Å². The van der Waals surface area contributed by atoms with E-state index in [0.29, 0.717) is 29.2 Å². The lowest BCUT2D eigenvalue weighted by atomic mass is 10.1. The summed E-state index contributed by atoms with van der Waals surface area (Å²) in [5, 5.41) is 4.25. The molecule has 1 N–H and O–H groups in total. The van der Waals surface area contributed by atoms with E-state index in [1.807, 2.05) is 42.5 Å². The van der Waals surface area contributed by atoms with E-state index in [9.17, 15) is 0 Å². The van der Waals surface area contributed by atoms with Crippen LogP contribution >= 0.6 is 11.6 Å². The summed E-state index contributed by atoms with van der Waals surface area (Å²) in [6.07, 6.45) is 2.56. The Morgan fingerprint density at radius 2 is 2.00 bits per heavy atom. The van der Waals surface area contributed by atoms with Gasteiger partial charge in [-0.15, -0.1) is 0 Å². The fourth-order valence-electron chi connectivity index (χ4n) is 3.64. The molecule has 0 amide bonds. The Morgan fingerprint density at radius 3 is 2.74 bits per heavy atom. The lowest BCUT2D eigenvalue weighted by Gasteiger charge is -2.23. The number of ether oxygens (including phenoxy) is 2. The van der Waals surface area contributed by atoms with Gasteiger partial charge in [0.05, 0.1) is 7.11 Å². The summed E-state index contributed by atoms with van der Waals surface area (Å²) in [4.78, 5) is 2.54. The van der Waals surface area contributed by atoms with Gasteiger partial charge in [0.2, 0.25) is 0 Å². The highest BCUT2D eigenvalue weighted by Crippen LogP contribution is 2.34. The van der Waals surface area contributed by atoms with Crippen molar-refractivity contribution >= 4 is 11.6 Å². The predicted molar refractivity (Wildman–Crippen MR) is 111 cm³/mol. The highest BCUT2D eigenvalue weighted by molar-refractivity contribution is 6.31. The van der Waals surface area contributed by atoms with Crippen LogP contribution < -0.4 is 14.8 Å². The smallest absolute Gasteiger partial charge is 0.163 e. The summed E-state index contributed by atoms with van der Waals surface area (Å²) in [6, 6.07) is 14.5. The maximum Gasteiger partial charge on any atom is 0.163 e. The predicted octanol–water partition coefficient (Wildman–Crippen LogP) is 4.50. The number of methoxy groups -OCH3 is 1. The summed E-state index contributed by atoms with van der Waals surface area (Å²) in [6.45, 7) is 6.76. The minimum absolute atomic E-state index is 0.486. The number of nitrogens with one attached hydrogen (secondary N) is 1. The summed E-state index contributed by atoms with van der Waals surface area (Å²) in [5.41, 5.74) is 2.14. The van der Waals surface area contributed by atoms with Crippen LogP contribution in [0.2, 0.25) is 5.02 Å². The highest BCUT2D eigenvalue weighted by Gasteiger charge is 2.22. The topological polar surface area (TPSA) is 33.7 Å². The standard InChI is InChI=1S/C22H29ClN2O2/c1-3-25-11-7-10-19(25)15-24-14-18-12-21(26-2)22(13-20(18)23)27-16-17-8-5-4-6-9-17/h4-6,8-9,12-13,19,24H,3,7,10-11,14-16H2,1-2H3. The van der Waals surface area contributed by atoms with E-state index in [1.54, 1.807) is 7.11 Å². The lowest BCUT2D eigenvalue weighted by molar-refractivity contribution is 0.260. The van der Waals surface area contributed by atoms with E-state index in [0.717, 1.165) is 30.8 Å². The van der Waals surface area contributed by atoms with E-state index in [2.05, 4.69) is 17.1 Å². The highest BCUT2D eigenvalue weighted by atomic mass is 35.5. The minimum atomic E-state index is 0.486.